The number of H-pyrrole nitrogens is 1. The van der Waals surface area contributed by atoms with Gasteiger partial charge in [-0.05, 0) is 30.5 Å². The van der Waals surface area contributed by atoms with Gasteiger partial charge in [-0.1, -0.05) is 6.92 Å². The third-order valence-corrected chi connectivity index (χ3v) is 7.50. The van der Waals surface area contributed by atoms with E-state index in [0.717, 1.165) is 12.3 Å². The molecule has 0 aromatic carbocycles. The molecule has 0 bridgehead atoms. The highest BCUT2D eigenvalue weighted by Crippen LogP contribution is 2.48. The number of alkyl halides is 5. The van der Waals surface area contributed by atoms with E-state index in [9.17, 15) is 40.4 Å². The molecule has 180 valence electrons. The molecule has 3 heterocycles. The quantitative estimate of drug-likeness (QED) is 0.517. The third-order valence-electron chi connectivity index (χ3n) is 5.76. The second kappa shape index (κ2) is 7.59. The minimum absolute atomic E-state index is 0.0520. The molecular weight excluding hydrogens is 485 g/mol. The van der Waals surface area contributed by atoms with Gasteiger partial charge in [-0.3, -0.25) is 14.5 Å². The van der Waals surface area contributed by atoms with E-state index in [4.69, 9.17) is 0 Å². The van der Waals surface area contributed by atoms with Gasteiger partial charge in [0.25, 0.3) is 0 Å². The largest absolute Gasteiger partial charge is 0.455 e. The summed E-state index contributed by atoms with van der Waals surface area (Å²) in [4.78, 5) is 22.2. The Bertz CT molecular complexity index is 1500. The van der Waals surface area contributed by atoms with Crippen LogP contribution in [0.4, 0.5) is 22.0 Å². The van der Waals surface area contributed by atoms with E-state index < -0.39 is 39.6 Å². The molecule has 0 aliphatic heterocycles. The second-order valence-electron chi connectivity index (χ2n) is 7.97. The third kappa shape index (κ3) is 3.83. The van der Waals surface area contributed by atoms with Crippen molar-refractivity contribution in [3.05, 3.63) is 40.6 Å². The first-order valence-corrected chi connectivity index (χ1v) is 11.6. The maximum Gasteiger partial charge on any atom is 0.455 e. The van der Waals surface area contributed by atoms with Crippen LogP contribution in [0.2, 0.25) is 0 Å². The van der Waals surface area contributed by atoms with Crippen LogP contribution >= 0.6 is 0 Å². The van der Waals surface area contributed by atoms with Gasteiger partial charge in [0.1, 0.15) is 12.2 Å². The molecule has 4 rings (SSSR count). The van der Waals surface area contributed by atoms with Crippen molar-refractivity contribution in [2.45, 2.75) is 48.7 Å². The minimum atomic E-state index is -5.86. The number of rotatable bonds is 6. The van der Waals surface area contributed by atoms with Crippen LogP contribution in [0.5, 0.6) is 0 Å². The first kappa shape index (κ1) is 23.8. The molecule has 8 nitrogen and oxygen atoms in total. The number of aromatic amines is 1. The number of pyridine rings is 2. The van der Waals surface area contributed by atoms with E-state index in [1.165, 1.54) is 19.2 Å². The van der Waals surface area contributed by atoms with Crippen molar-refractivity contribution in [2.24, 2.45) is 0 Å². The summed E-state index contributed by atoms with van der Waals surface area (Å²) in [6, 6.07) is 4.65. The van der Waals surface area contributed by atoms with E-state index in [1.807, 2.05) is 0 Å². The summed E-state index contributed by atoms with van der Waals surface area (Å²) < 4.78 is 90.6. The standard InChI is InChI=1S/C20H16F5N5O3S/c1-2-34(32,33)15-5-11(18(9-26)3-4-18)7-28-16(15)13-6-12-14(8-27-13)30(17(31)29-12)10-19(21,22)20(23,24)25/h5-8H,2-4,10H2,1H3,(H,29,31). The number of aromatic nitrogens is 4. The van der Waals surface area contributed by atoms with E-state index in [2.05, 4.69) is 21.0 Å². The monoisotopic (exact) mass is 501 g/mol. The Hall–Kier alpha value is -3.34. The molecule has 0 spiro atoms. The Kier molecular flexibility index (Phi) is 5.31. The lowest BCUT2D eigenvalue weighted by Crippen LogP contribution is -2.42. The average molecular weight is 501 g/mol. The van der Waals surface area contributed by atoms with Crippen molar-refractivity contribution < 1.29 is 30.4 Å². The number of imidazole rings is 1. The van der Waals surface area contributed by atoms with Gasteiger partial charge in [-0.25, -0.2) is 13.2 Å². The van der Waals surface area contributed by atoms with E-state index in [-0.39, 0.29) is 37.6 Å². The summed E-state index contributed by atoms with van der Waals surface area (Å²) in [6.45, 7) is -0.535. The van der Waals surface area contributed by atoms with Crippen LogP contribution in [0.15, 0.2) is 34.2 Å². The Balaban J connectivity index is 1.84. The predicted octanol–water partition coefficient (Wildman–Crippen LogP) is 3.33. The molecule has 3 aromatic heterocycles. The maximum atomic E-state index is 13.5. The molecule has 1 fully saturated rings. The van der Waals surface area contributed by atoms with Crippen molar-refractivity contribution in [3.8, 4) is 17.5 Å². The number of nitriles is 1. The van der Waals surface area contributed by atoms with E-state index in [0.29, 0.717) is 18.4 Å². The first-order chi connectivity index (χ1) is 15.7. The molecule has 1 aliphatic rings. The summed E-state index contributed by atoms with van der Waals surface area (Å²) >= 11 is 0. The molecule has 1 saturated carbocycles. The first-order valence-electron chi connectivity index (χ1n) is 9.93. The fourth-order valence-electron chi connectivity index (χ4n) is 3.51. The molecule has 1 N–H and O–H groups in total. The highest BCUT2D eigenvalue weighted by Gasteiger charge is 2.58. The SMILES string of the molecule is CCS(=O)(=O)c1cc(C2(C#N)CC2)cnc1-c1cc2[nH]c(=O)n(CC(F)(F)C(F)(F)F)c2cn1. The molecule has 14 heteroatoms. The van der Waals surface area contributed by atoms with Crippen LogP contribution in [0.3, 0.4) is 0 Å². The molecule has 3 aromatic rings. The van der Waals surface area contributed by atoms with Crippen molar-refractivity contribution in [1.82, 2.24) is 19.5 Å². The van der Waals surface area contributed by atoms with E-state index >= 15 is 0 Å². The lowest BCUT2D eigenvalue weighted by atomic mass is 9.99. The highest BCUT2D eigenvalue weighted by molar-refractivity contribution is 7.91. The Labute approximate surface area is 189 Å². The van der Waals surface area contributed by atoms with Gasteiger partial charge in [0, 0.05) is 6.20 Å². The van der Waals surface area contributed by atoms with Gasteiger partial charge in [0.05, 0.1) is 45.1 Å². The number of halogens is 5. The second-order valence-corrected chi connectivity index (χ2v) is 10.2. The lowest BCUT2D eigenvalue weighted by molar-refractivity contribution is -0.286. The molecule has 1 aliphatic carbocycles. The summed E-state index contributed by atoms with van der Waals surface area (Å²) in [7, 11) is -3.85. The molecule has 0 saturated heterocycles. The predicted molar refractivity (Wildman–Crippen MR) is 109 cm³/mol. The number of nitrogens with one attached hydrogen (secondary N) is 1. The Morgan fingerprint density at radius 3 is 2.41 bits per heavy atom. The Morgan fingerprint density at radius 2 is 1.85 bits per heavy atom. The molecule has 0 amide bonds. The maximum absolute atomic E-state index is 13.5. The smallest absolute Gasteiger partial charge is 0.305 e. The molecule has 0 atom stereocenters. The average Bonchev–Trinajstić information content (AvgIpc) is 3.52. The van der Waals surface area contributed by atoms with Crippen LogP contribution in [0, 0.1) is 11.3 Å². The number of sulfone groups is 1. The summed E-state index contributed by atoms with van der Waals surface area (Å²) in [6.07, 6.45) is -2.51. The Morgan fingerprint density at radius 1 is 1.18 bits per heavy atom. The topological polar surface area (TPSA) is 121 Å². The fourth-order valence-corrected chi connectivity index (χ4v) is 4.58. The van der Waals surface area contributed by atoms with Gasteiger partial charge in [-0.2, -0.15) is 27.2 Å². The van der Waals surface area contributed by atoms with Gasteiger partial charge >= 0.3 is 17.8 Å². The van der Waals surface area contributed by atoms with Gasteiger partial charge in [-0.15, -0.1) is 0 Å². The zero-order chi connectivity index (χ0) is 25.1. The molecular formula is C20H16F5N5O3S. The van der Waals surface area contributed by atoms with Crippen LogP contribution < -0.4 is 5.69 Å². The number of hydrogen-bond acceptors (Lipinski definition) is 6. The minimum Gasteiger partial charge on any atom is -0.305 e. The fraction of sp³-hybridized carbons (Fsp3) is 0.400. The van der Waals surface area contributed by atoms with E-state index in [1.54, 1.807) is 0 Å². The van der Waals surface area contributed by atoms with Crippen LogP contribution in [-0.2, 0) is 21.8 Å². The zero-order valence-corrected chi connectivity index (χ0v) is 18.3. The summed E-state index contributed by atoms with van der Waals surface area (Å²) in [5, 5.41) is 9.43. The van der Waals surface area contributed by atoms with Crippen LogP contribution in [0.25, 0.3) is 22.4 Å². The lowest BCUT2D eigenvalue weighted by Gasteiger charge is -2.19. The van der Waals surface area contributed by atoms with Crippen LogP contribution in [0.1, 0.15) is 25.3 Å². The summed E-state index contributed by atoms with van der Waals surface area (Å²) in [5.74, 6) is -5.45. The molecule has 0 unspecified atom stereocenters. The normalized spacial score (nSPS) is 15.9. The van der Waals surface area contributed by atoms with Gasteiger partial charge in [0.15, 0.2) is 9.84 Å². The zero-order valence-electron chi connectivity index (χ0n) is 17.4. The van der Waals surface area contributed by atoms with Crippen molar-refractivity contribution >= 4 is 20.9 Å². The van der Waals surface area contributed by atoms with Crippen LogP contribution in [-0.4, -0.2) is 45.8 Å². The summed E-state index contributed by atoms with van der Waals surface area (Å²) in [5.41, 5.74) is -2.20. The highest BCUT2D eigenvalue weighted by atomic mass is 32.2. The van der Waals surface area contributed by atoms with Crippen molar-refractivity contribution in [1.29, 1.82) is 5.26 Å². The van der Waals surface area contributed by atoms with Gasteiger partial charge < -0.3 is 4.98 Å². The number of hydrogen-bond donors (Lipinski definition) is 1. The number of fused-ring (bicyclic) bond motifs is 1. The van der Waals surface area contributed by atoms with Gasteiger partial charge in [0.2, 0.25) is 0 Å². The van der Waals surface area contributed by atoms with Crippen molar-refractivity contribution in [3.63, 3.8) is 0 Å². The number of nitrogens with zero attached hydrogens (tertiary/aromatic N) is 4. The molecule has 0 radical (unpaired) electrons. The van der Waals surface area contributed by atoms with Crippen molar-refractivity contribution in [2.75, 3.05) is 5.75 Å². The molecule has 34 heavy (non-hydrogen) atoms.